The predicted octanol–water partition coefficient (Wildman–Crippen LogP) is 3.32. The van der Waals surface area contributed by atoms with Gasteiger partial charge < -0.3 is 19.8 Å². The molecule has 1 aromatic carbocycles. The first kappa shape index (κ1) is 20.0. The Kier molecular flexibility index (Phi) is 6.41. The van der Waals surface area contributed by atoms with E-state index in [1.165, 1.54) is 11.8 Å². The zero-order valence-corrected chi connectivity index (χ0v) is 16.7. The number of rotatable bonds is 8. The van der Waals surface area contributed by atoms with E-state index < -0.39 is 5.92 Å². The maximum Gasteiger partial charge on any atom is 0.257 e. The van der Waals surface area contributed by atoms with Gasteiger partial charge in [-0.2, -0.15) is 0 Å². The summed E-state index contributed by atoms with van der Waals surface area (Å²) in [6.07, 6.45) is 1.89. The van der Waals surface area contributed by atoms with E-state index in [-0.39, 0.29) is 17.9 Å². The Morgan fingerprint density at radius 1 is 1.25 bits per heavy atom. The van der Waals surface area contributed by atoms with Crippen LogP contribution in [0.2, 0.25) is 0 Å². The molecule has 0 unspecified atom stereocenters. The summed E-state index contributed by atoms with van der Waals surface area (Å²) in [5.74, 6) is 1.56. The molecule has 7 nitrogen and oxygen atoms in total. The number of hydrogen-bond donors (Lipinski definition) is 2. The maximum atomic E-state index is 12.8. The number of nitrogens with one attached hydrogen (secondary N) is 2. The van der Waals surface area contributed by atoms with Crippen molar-refractivity contribution in [3.05, 3.63) is 52.3 Å². The minimum Gasteiger partial charge on any atom is -0.490 e. The van der Waals surface area contributed by atoms with Crippen molar-refractivity contribution in [2.75, 3.05) is 24.3 Å². The number of nitrogens with zero attached hydrogens (tertiary/aromatic N) is 1. The van der Waals surface area contributed by atoms with Gasteiger partial charge in [0.25, 0.3) is 5.56 Å². The minimum absolute atomic E-state index is 0.163. The van der Waals surface area contributed by atoms with Crippen molar-refractivity contribution in [1.29, 1.82) is 0 Å². The van der Waals surface area contributed by atoms with E-state index in [2.05, 4.69) is 21.9 Å². The lowest BCUT2D eigenvalue weighted by atomic mass is 9.86. The van der Waals surface area contributed by atoms with Crippen LogP contribution in [0, 0.1) is 0 Å². The molecule has 148 valence electrons. The van der Waals surface area contributed by atoms with Gasteiger partial charge in [-0.3, -0.25) is 9.59 Å². The van der Waals surface area contributed by atoms with Crippen molar-refractivity contribution in [2.45, 2.75) is 31.3 Å². The summed E-state index contributed by atoms with van der Waals surface area (Å²) < 4.78 is 11.3. The van der Waals surface area contributed by atoms with Crippen molar-refractivity contribution in [2.24, 2.45) is 0 Å². The molecule has 2 heterocycles. The molecule has 1 amide bonds. The summed E-state index contributed by atoms with van der Waals surface area (Å²) in [6.45, 7) is 8.45. The third kappa shape index (κ3) is 4.22. The van der Waals surface area contributed by atoms with Crippen LogP contribution in [0.25, 0.3) is 0 Å². The van der Waals surface area contributed by atoms with E-state index in [9.17, 15) is 9.59 Å². The lowest BCUT2D eigenvalue weighted by Gasteiger charge is -2.25. The minimum atomic E-state index is -0.409. The molecular weight excluding hydrogens is 378 g/mol. The number of amides is 1. The van der Waals surface area contributed by atoms with Crippen molar-refractivity contribution in [3.63, 3.8) is 0 Å². The Labute approximate surface area is 167 Å². The number of benzene rings is 1. The highest BCUT2D eigenvalue weighted by Gasteiger charge is 2.31. The van der Waals surface area contributed by atoms with Crippen LogP contribution in [0.15, 0.2) is 40.8 Å². The Bertz CT molecular complexity index is 942. The number of thioether (sulfide) groups is 1. The Morgan fingerprint density at radius 2 is 2.00 bits per heavy atom. The number of aromatic amines is 1. The van der Waals surface area contributed by atoms with Crippen LogP contribution < -0.4 is 20.3 Å². The maximum absolute atomic E-state index is 12.8. The summed E-state index contributed by atoms with van der Waals surface area (Å²) in [4.78, 5) is 32.3. The normalized spacial score (nSPS) is 15.5. The van der Waals surface area contributed by atoms with Crippen molar-refractivity contribution < 1.29 is 14.3 Å². The van der Waals surface area contributed by atoms with E-state index in [1.807, 2.05) is 32.0 Å². The molecule has 0 spiro atoms. The monoisotopic (exact) mass is 401 g/mol. The third-order valence-corrected chi connectivity index (χ3v) is 5.11. The van der Waals surface area contributed by atoms with Crippen molar-refractivity contribution in [3.8, 4) is 11.5 Å². The highest BCUT2D eigenvalue weighted by molar-refractivity contribution is 7.99. The topological polar surface area (TPSA) is 93.3 Å². The number of H-pyrrole nitrogens is 1. The van der Waals surface area contributed by atoms with E-state index in [0.717, 1.165) is 5.56 Å². The van der Waals surface area contributed by atoms with Gasteiger partial charge in [-0.15, -0.1) is 6.58 Å². The molecular formula is C20H23N3O4S. The first-order valence-electron chi connectivity index (χ1n) is 9.14. The van der Waals surface area contributed by atoms with Crippen LogP contribution in [0.5, 0.6) is 11.5 Å². The van der Waals surface area contributed by atoms with Crippen molar-refractivity contribution >= 4 is 23.5 Å². The van der Waals surface area contributed by atoms with Gasteiger partial charge in [0.2, 0.25) is 5.91 Å². The summed E-state index contributed by atoms with van der Waals surface area (Å²) in [6, 6.07) is 5.51. The number of ether oxygens (including phenoxy) is 2. The summed E-state index contributed by atoms with van der Waals surface area (Å²) in [5.41, 5.74) is 1.00. The van der Waals surface area contributed by atoms with Gasteiger partial charge in [0.15, 0.2) is 16.7 Å². The number of anilines is 1. The first-order chi connectivity index (χ1) is 13.6. The number of hydrogen-bond acceptors (Lipinski definition) is 6. The van der Waals surface area contributed by atoms with Crippen LogP contribution in [0.3, 0.4) is 0 Å². The average Bonchev–Trinajstić information content (AvgIpc) is 2.67. The summed E-state index contributed by atoms with van der Waals surface area (Å²) in [5, 5.41) is 3.17. The van der Waals surface area contributed by atoms with Crippen LogP contribution in [0.4, 0.5) is 5.82 Å². The van der Waals surface area contributed by atoms with Crippen LogP contribution in [-0.2, 0) is 4.79 Å². The molecule has 1 aliphatic rings. The summed E-state index contributed by atoms with van der Waals surface area (Å²) >= 11 is 1.35. The third-order valence-electron chi connectivity index (χ3n) is 4.24. The van der Waals surface area contributed by atoms with Gasteiger partial charge in [-0.25, -0.2) is 4.98 Å². The largest absolute Gasteiger partial charge is 0.490 e. The zero-order chi connectivity index (χ0) is 20.1. The Morgan fingerprint density at radius 3 is 2.71 bits per heavy atom. The SMILES string of the molecule is C=CCSc1nc2c(c(=O)[nH]1)[C@H](c1ccc(OCC)c(OCC)c1)CC(=O)N2. The Hall–Kier alpha value is -2.74. The molecule has 0 radical (unpaired) electrons. The molecule has 1 aromatic heterocycles. The fourth-order valence-corrected chi connectivity index (χ4v) is 3.72. The molecule has 2 N–H and O–H groups in total. The average molecular weight is 401 g/mol. The molecule has 0 saturated heterocycles. The molecule has 8 heteroatoms. The molecule has 0 saturated carbocycles. The van der Waals surface area contributed by atoms with Gasteiger partial charge in [0, 0.05) is 18.1 Å². The molecule has 3 rings (SSSR count). The van der Waals surface area contributed by atoms with Gasteiger partial charge in [-0.1, -0.05) is 23.9 Å². The second-order valence-corrected chi connectivity index (χ2v) is 7.12. The fraction of sp³-hybridized carbons (Fsp3) is 0.350. The van der Waals surface area contributed by atoms with Gasteiger partial charge in [0.1, 0.15) is 5.82 Å². The molecule has 28 heavy (non-hydrogen) atoms. The number of aromatic nitrogens is 2. The highest BCUT2D eigenvalue weighted by Crippen LogP contribution is 2.38. The number of fused-ring (bicyclic) bond motifs is 1. The molecule has 2 aromatic rings. The molecule has 1 aliphatic heterocycles. The van der Waals surface area contributed by atoms with Gasteiger partial charge in [0.05, 0.1) is 18.8 Å². The number of carbonyl (C=O) groups is 1. The van der Waals surface area contributed by atoms with Gasteiger partial charge >= 0.3 is 0 Å². The second kappa shape index (κ2) is 8.97. The molecule has 1 atom stereocenters. The van der Waals surface area contributed by atoms with Gasteiger partial charge in [-0.05, 0) is 31.5 Å². The van der Waals surface area contributed by atoms with Crippen LogP contribution in [-0.4, -0.2) is 34.8 Å². The van der Waals surface area contributed by atoms with E-state index in [1.54, 1.807) is 6.08 Å². The molecule has 0 bridgehead atoms. The number of carbonyl (C=O) groups excluding carboxylic acids is 1. The zero-order valence-electron chi connectivity index (χ0n) is 15.9. The summed E-state index contributed by atoms with van der Waals surface area (Å²) in [7, 11) is 0. The molecule has 0 fully saturated rings. The molecule has 0 aliphatic carbocycles. The highest BCUT2D eigenvalue weighted by atomic mass is 32.2. The smallest absolute Gasteiger partial charge is 0.257 e. The van der Waals surface area contributed by atoms with Crippen LogP contribution in [0.1, 0.15) is 37.3 Å². The van der Waals surface area contributed by atoms with Crippen molar-refractivity contribution in [1.82, 2.24) is 9.97 Å². The first-order valence-corrected chi connectivity index (χ1v) is 10.1. The lowest BCUT2D eigenvalue weighted by Crippen LogP contribution is -2.31. The van der Waals surface area contributed by atoms with E-state index in [0.29, 0.717) is 47.0 Å². The quantitative estimate of drug-likeness (QED) is 0.400. The second-order valence-electron chi connectivity index (χ2n) is 6.11. The lowest BCUT2D eigenvalue weighted by molar-refractivity contribution is -0.116. The van der Waals surface area contributed by atoms with E-state index in [4.69, 9.17) is 9.47 Å². The van der Waals surface area contributed by atoms with Crippen LogP contribution >= 0.6 is 11.8 Å². The predicted molar refractivity (Wildman–Crippen MR) is 110 cm³/mol. The van der Waals surface area contributed by atoms with E-state index >= 15 is 0 Å². The fourth-order valence-electron chi connectivity index (χ4n) is 3.13. The standard InChI is InChI=1S/C20H23N3O4S/c1-4-9-28-20-22-18-17(19(25)23-20)13(11-16(24)21-18)12-7-8-14(26-5-2)15(10-12)27-6-3/h4,7-8,10,13H,1,5-6,9,11H2,2-3H3,(H2,21,22,23,24,25)/t13-/m0/s1. The Balaban J connectivity index is 2.04.